The quantitative estimate of drug-likeness (QED) is 0.268. The lowest BCUT2D eigenvalue weighted by atomic mass is 10.0. The number of esters is 1. The lowest BCUT2D eigenvalue weighted by molar-refractivity contribution is -0.142. The Morgan fingerprint density at radius 2 is 1.68 bits per heavy atom. The van der Waals surface area contributed by atoms with Crippen molar-refractivity contribution in [2.24, 2.45) is 0 Å². The van der Waals surface area contributed by atoms with Crippen molar-refractivity contribution in [2.75, 3.05) is 13.7 Å². The zero-order chi connectivity index (χ0) is 27.6. The molecule has 37 heavy (non-hydrogen) atoms. The molecule has 2 rings (SSSR count). The molecule has 196 valence electrons. The number of benzene rings is 2. The first-order chi connectivity index (χ1) is 17.4. The van der Waals surface area contributed by atoms with Crippen molar-refractivity contribution in [1.82, 2.24) is 15.5 Å². The largest absolute Gasteiger partial charge is 0.508 e. The third-order valence-corrected chi connectivity index (χ3v) is 5.00. The molecule has 0 radical (unpaired) electrons. The van der Waals surface area contributed by atoms with Gasteiger partial charge in [0, 0.05) is 12.5 Å². The van der Waals surface area contributed by atoms with Gasteiger partial charge in [0.05, 0.1) is 7.11 Å². The standard InChI is InChI=1S/C27H31N3O7/c1-6-30(23(19-12-14-20(31)15-13-19)24(33)28-17-22(32)36-5)25(34)21(16-18-10-8-7-9-11-18)29-26(35)37-27(2,3)4/h1,7-15,21,23,31H,16-17H2,2-5H3,(H,28,33)(H,29,35). The van der Waals surface area contributed by atoms with Crippen molar-refractivity contribution in [3.63, 3.8) is 0 Å². The highest BCUT2D eigenvalue weighted by molar-refractivity contribution is 5.94. The van der Waals surface area contributed by atoms with Crippen LogP contribution < -0.4 is 10.6 Å². The first-order valence-corrected chi connectivity index (χ1v) is 11.4. The minimum absolute atomic E-state index is 0.0587. The van der Waals surface area contributed by atoms with E-state index < -0.39 is 48.1 Å². The molecule has 0 aliphatic carbocycles. The Hall–Kier alpha value is -4.52. The van der Waals surface area contributed by atoms with Crippen LogP contribution in [0.5, 0.6) is 5.75 Å². The molecule has 2 aromatic carbocycles. The summed E-state index contributed by atoms with van der Waals surface area (Å²) in [4.78, 5) is 51.9. The van der Waals surface area contributed by atoms with E-state index in [4.69, 9.17) is 11.2 Å². The number of phenolic OH excluding ortho intramolecular Hbond substituents is 1. The van der Waals surface area contributed by atoms with Crippen LogP contribution in [0, 0.1) is 12.5 Å². The molecule has 0 fully saturated rings. The monoisotopic (exact) mass is 509 g/mol. The second-order valence-electron chi connectivity index (χ2n) is 9.01. The molecule has 0 spiro atoms. The second kappa shape index (κ2) is 13.0. The molecule has 0 bridgehead atoms. The first kappa shape index (κ1) is 28.7. The van der Waals surface area contributed by atoms with Gasteiger partial charge in [0.1, 0.15) is 30.0 Å². The van der Waals surface area contributed by atoms with Gasteiger partial charge in [0.15, 0.2) is 0 Å². The fourth-order valence-corrected chi connectivity index (χ4v) is 3.34. The molecule has 0 heterocycles. The summed E-state index contributed by atoms with van der Waals surface area (Å²) in [5.41, 5.74) is 0.172. The molecule has 3 amide bonds. The van der Waals surface area contributed by atoms with E-state index in [0.29, 0.717) is 0 Å². The summed E-state index contributed by atoms with van der Waals surface area (Å²) >= 11 is 0. The minimum atomic E-state index is -1.39. The fraction of sp³-hybridized carbons (Fsp3) is 0.333. The Morgan fingerprint density at radius 1 is 1.05 bits per heavy atom. The number of carbonyl (C=O) groups excluding carboxylic acids is 4. The SMILES string of the molecule is C#CN(C(=O)C(Cc1ccccc1)NC(=O)OC(C)(C)C)C(C(=O)NCC(=O)OC)c1ccc(O)cc1. The van der Waals surface area contributed by atoms with Gasteiger partial charge < -0.3 is 25.2 Å². The van der Waals surface area contributed by atoms with Crippen molar-refractivity contribution >= 4 is 23.9 Å². The molecular formula is C27H31N3O7. The summed E-state index contributed by atoms with van der Waals surface area (Å²) < 4.78 is 9.88. The minimum Gasteiger partial charge on any atom is -0.508 e. The van der Waals surface area contributed by atoms with E-state index in [1.807, 2.05) is 6.07 Å². The van der Waals surface area contributed by atoms with Crippen molar-refractivity contribution in [3.05, 3.63) is 65.7 Å². The maximum Gasteiger partial charge on any atom is 0.408 e. The number of nitrogens with zero attached hydrogens (tertiary/aromatic N) is 1. The lowest BCUT2D eigenvalue weighted by Crippen LogP contribution is -2.52. The summed E-state index contributed by atoms with van der Waals surface area (Å²) in [5, 5.41) is 14.6. The third-order valence-electron chi connectivity index (χ3n) is 5.00. The summed E-state index contributed by atoms with van der Waals surface area (Å²) in [6.45, 7) is 4.59. The van der Waals surface area contributed by atoms with Gasteiger partial charge >= 0.3 is 12.1 Å². The smallest absolute Gasteiger partial charge is 0.408 e. The Kier molecular flexibility index (Phi) is 10.1. The Morgan fingerprint density at radius 3 is 2.22 bits per heavy atom. The van der Waals surface area contributed by atoms with Gasteiger partial charge in [-0.2, -0.15) is 0 Å². The fourth-order valence-electron chi connectivity index (χ4n) is 3.34. The molecule has 0 aromatic heterocycles. The van der Waals surface area contributed by atoms with Crippen LogP contribution in [0.3, 0.4) is 0 Å². The maximum atomic E-state index is 13.8. The van der Waals surface area contributed by atoms with Crippen LogP contribution in [0.2, 0.25) is 0 Å². The van der Waals surface area contributed by atoms with Crippen molar-refractivity contribution < 1.29 is 33.8 Å². The predicted octanol–water partition coefficient (Wildman–Crippen LogP) is 2.28. The summed E-state index contributed by atoms with van der Waals surface area (Å²) in [6, 6.07) is 14.1. The van der Waals surface area contributed by atoms with Crippen molar-refractivity contribution in [3.8, 4) is 18.2 Å². The van der Waals surface area contributed by atoms with Crippen LogP contribution in [-0.2, 0) is 30.3 Å². The van der Waals surface area contributed by atoms with Gasteiger partial charge in [-0.3, -0.25) is 19.3 Å². The van der Waals surface area contributed by atoms with E-state index in [9.17, 15) is 24.3 Å². The molecule has 0 aliphatic rings. The van der Waals surface area contributed by atoms with Gasteiger partial charge in [0.2, 0.25) is 5.91 Å². The number of phenols is 1. The molecular weight excluding hydrogens is 478 g/mol. The normalized spacial score (nSPS) is 12.3. The average molecular weight is 510 g/mol. The zero-order valence-electron chi connectivity index (χ0n) is 21.2. The predicted molar refractivity (Wildman–Crippen MR) is 135 cm³/mol. The summed E-state index contributed by atoms with van der Waals surface area (Å²) in [7, 11) is 1.17. The molecule has 0 saturated carbocycles. The second-order valence-corrected chi connectivity index (χ2v) is 9.01. The Labute approximate surface area is 215 Å². The van der Waals surface area contributed by atoms with Gasteiger partial charge in [-0.15, -0.1) is 0 Å². The molecule has 2 atom stereocenters. The first-order valence-electron chi connectivity index (χ1n) is 11.4. The molecule has 3 N–H and O–H groups in total. The van der Waals surface area contributed by atoms with Crippen molar-refractivity contribution in [1.29, 1.82) is 0 Å². The number of ether oxygens (including phenoxy) is 2. The number of alkyl carbamates (subject to hydrolysis) is 1. The number of hydrogen-bond donors (Lipinski definition) is 3. The summed E-state index contributed by atoms with van der Waals surface area (Å²) in [6.07, 6.45) is 4.94. The molecule has 2 unspecified atom stereocenters. The van der Waals surface area contributed by atoms with Crippen LogP contribution in [-0.4, -0.2) is 59.2 Å². The van der Waals surface area contributed by atoms with E-state index in [2.05, 4.69) is 21.4 Å². The summed E-state index contributed by atoms with van der Waals surface area (Å²) in [5.74, 6) is -2.30. The van der Waals surface area contributed by atoms with Gasteiger partial charge in [0.25, 0.3) is 5.91 Å². The third kappa shape index (κ3) is 8.89. The number of terminal acetylenes is 1. The van der Waals surface area contributed by atoms with Crippen LogP contribution in [0.15, 0.2) is 54.6 Å². The zero-order valence-corrected chi connectivity index (χ0v) is 21.2. The van der Waals surface area contributed by atoms with E-state index in [-0.39, 0.29) is 17.7 Å². The van der Waals surface area contributed by atoms with Gasteiger partial charge in [-0.25, -0.2) is 4.79 Å². The van der Waals surface area contributed by atoms with Crippen LogP contribution >= 0.6 is 0 Å². The molecule has 0 aliphatic heterocycles. The highest BCUT2D eigenvalue weighted by atomic mass is 16.6. The van der Waals surface area contributed by atoms with E-state index in [1.165, 1.54) is 31.4 Å². The van der Waals surface area contributed by atoms with Gasteiger partial charge in [-0.1, -0.05) is 48.9 Å². The topological polar surface area (TPSA) is 134 Å². The number of amides is 3. The number of hydrogen-bond acceptors (Lipinski definition) is 7. The average Bonchev–Trinajstić information content (AvgIpc) is 2.85. The molecule has 10 nitrogen and oxygen atoms in total. The highest BCUT2D eigenvalue weighted by Crippen LogP contribution is 2.24. The number of carbonyl (C=O) groups is 4. The molecule has 0 saturated heterocycles. The molecule has 2 aromatic rings. The number of nitrogens with one attached hydrogen (secondary N) is 2. The molecule has 10 heteroatoms. The van der Waals surface area contributed by atoms with Crippen molar-refractivity contribution in [2.45, 2.75) is 44.9 Å². The highest BCUT2D eigenvalue weighted by Gasteiger charge is 2.36. The number of methoxy groups -OCH3 is 1. The van der Waals surface area contributed by atoms with Crippen LogP contribution in [0.4, 0.5) is 4.79 Å². The Bertz CT molecular complexity index is 1140. The lowest BCUT2D eigenvalue weighted by Gasteiger charge is -2.30. The van der Waals surface area contributed by atoms with Gasteiger partial charge in [-0.05, 0) is 44.0 Å². The van der Waals surface area contributed by atoms with E-state index in [1.54, 1.807) is 45.0 Å². The van der Waals surface area contributed by atoms with E-state index >= 15 is 0 Å². The number of aromatic hydroxyl groups is 1. The van der Waals surface area contributed by atoms with Crippen LogP contribution in [0.25, 0.3) is 0 Å². The van der Waals surface area contributed by atoms with Crippen LogP contribution in [0.1, 0.15) is 37.9 Å². The number of rotatable bonds is 9. The maximum absolute atomic E-state index is 13.8. The Balaban J connectivity index is 2.45. The van der Waals surface area contributed by atoms with E-state index in [0.717, 1.165) is 10.5 Å².